The minimum Gasteiger partial charge on any atom is -0.420 e. The Bertz CT molecular complexity index is 908. The molecule has 1 aliphatic rings. The molecule has 1 atom stereocenters. The van der Waals surface area contributed by atoms with Crippen molar-refractivity contribution in [3.8, 4) is 11.5 Å². The zero-order valence-electron chi connectivity index (χ0n) is 15.2. The summed E-state index contributed by atoms with van der Waals surface area (Å²) < 4.78 is 5.86. The molecule has 2 aromatic heterocycles. The highest BCUT2D eigenvalue weighted by Crippen LogP contribution is 2.28. The van der Waals surface area contributed by atoms with Crippen molar-refractivity contribution in [1.82, 2.24) is 25.1 Å². The predicted molar refractivity (Wildman–Crippen MR) is 98.8 cm³/mol. The molecule has 1 amide bonds. The minimum atomic E-state index is 0.0612. The topological polar surface area (TPSA) is 85.0 Å². The summed E-state index contributed by atoms with van der Waals surface area (Å²) in [4.78, 5) is 22.9. The molecule has 1 fully saturated rings. The number of likely N-dealkylation sites (tertiary alicyclic amines) is 1. The first kappa shape index (κ1) is 17.3. The van der Waals surface area contributed by atoms with E-state index in [1.807, 2.05) is 42.2 Å². The van der Waals surface area contributed by atoms with Crippen LogP contribution in [0.1, 0.15) is 36.0 Å². The number of rotatable bonds is 4. The Morgan fingerprint density at radius 3 is 2.74 bits per heavy atom. The summed E-state index contributed by atoms with van der Waals surface area (Å²) in [6, 6.07) is 9.82. The lowest BCUT2D eigenvalue weighted by atomic mass is 9.97. The van der Waals surface area contributed by atoms with Gasteiger partial charge in [-0.3, -0.25) is 4.79 Å². The van der Waals surface area contributed by atoms with Gasteiger partial charge in [-0.2, -0.15) is 0 Å². The Hall–Kier alpha value is -3.09. The summed E-state index contributed by atoms with van der Waals surface area (Å²) in [5, 5.41) is 8.34. The van der Waals surface area contributed by atoms with Crippen molar-refractivity contribution < 1.29 is 9.21 Å². The third-order valence-electron chi connectivity index (χ3n) is 4.79. The molecule has 0 unspecified atom stereocenters. The van der Waals surface area contributed by atoms with Crippen LogP contribution in [0.4, 0.5) is 0 Å². The smallest absolute Gasteiger partial charge is 0.250 e. The van der Waals surface area contributed by atoms with Gasteiger partial charge in [0.25, 0.3) is 5.89 Å². The van der Waals surface area contributed by atoms with Crippen LogP contribution >= 0.6 is 0 Å². The maximum Gasteiger partial charge on any atom is 0.250 e. The zero-order valence-corrected chi connectivity index (χ0v) is 15.2. The number of hydrogen-bond donors (Lipinski definition) is 0. The summed E-state index contributed by atoms with van der Waals surface area (Å²) in [7, 11) is 0. The Balaban J connectivity index is 1.44. The molecule has 7 nitrogen and oxygen atoms in total. The van der Waals surface area contributed by atoms with Crippen molar-refractivity contribution in [1.29, 1.82) is 0 Å². The van der Waals surface area contributed by atoms with Crippen LogP contribution in [0.3, 0.4) is 0 Å². The average molecular weight is 363 g/mol. The molecule has 1 aromatic carbocycles. The van der Waals surface area contributed by atoms with Gasteiger partial charge in [0.2, 0.25) is 11.8 Å². The van der Waals surface area contributed by atoms with Gasteiger partial charge in [-0.25, -0.2) is 9.97 Å². The number of benzene rings is 1. The third kappa shape index (κ3) is 4.02. The van der Waals surface area contributed by atoms with E-state index >= 15 is 0 Å². The molecule has 0 bridgehead atoms. The highest BCUT2D eigenvalue weighted by Gasteiger charge is 2.28. The number of carbonyl (C=O) groups is 1. The van der Waals surface area contributed by atoms with Crippen LogP contribution in [0.5, 0.6) is 0 Å². The van der Waals surface area contributed by atoms with E-state index < -0.39 is 0 Å². The van der Waals surface area contributed by atoms with Gasteiger partial charge in [0.15, 0.2) is 0 Å². The van der Waals surface area contributed by atoms with E-state index in [1.165, 1.54) is 0 Å². The van der Waals surface area contributed by atoms with E-state index in [2.05, 4.69) is 20.2 Å². The number of piperidine rings is 1. The molecular formula is C20H21N5O2. The number of aromatic nitrogens is 4. The molecular weight excluding hydrogens is 342 g/mol. The first-order valence-electron chi connectivity index (χ1n) is 9.13. The quantitative estimate of drug-likeness (QED) is 0.709. The first-order chi connectivity index (χ1) is 13.2. The number of hydrogen-bond acceptors (Lipinski definition) is 6. The second-order valence-electron chi connectivity index (χ2n) is 6.81. The van der Waals surface area contributed by atoms with Gasteiger partial charge in [0, 0.05) is 25.5 Å². The van der Waals surface area contributed by atoms with Gasteiger partial charge in [-0.1, -0.05) is 30.3 Å². The second-order valence-corrected chi connectivity index (χ2v) is 6.81. The van der Waals surface area contributed by atoms with E-state index in [4.69, 9.17) is 4.42 Å². The largest absolute Gasteiger partial charge is 0.420 e. The molecule has 138 valence electrons. The molecule has 3 aromatic rings. The van der Waals surface area contributed by atoms with Crippen molar-refractivity contribution in [3.05, 3.63) is 60.0 Å². The summed E-state index contributed by atoms with van der Waals surface area (Å²) in [5.41, 5.74) is 1.73. The zero-order chi connectivity index (χ0) is 18.6. The lowest BCUT2D eigenvalue weighted by molar-refractivity contribution is -0.131. The number of nitrogens with zero attached hydrogens (tertiary/aromatic N) is 5. The standard InChI is InChI=1S/C20H21N5O2/c1-14-21-11-17(12-22-14)20-24-23-19(27-20)16-8-5-9-25(13-16)18(26)10-15-6-3-2-4-7-15/h2-4,6-7,11-12,16H,5,8-10,13H2,1H3/t16-/m1/s1. The molecule has 1 saturated heterocycles. The van der Waals surface area contributed by atoms with Crippen molar-refractivity contribution in [2.24, 2.45) is 0 Å². The van der Waals surface area contributed by atoms with Crippen LogP contribution in [-0.4, -0.2) is 44.1 Å². The molecule has 0 saturated carbocycles. The fraction of sp³-hybridized carbons (Fsp3) is 0.350. The SMILES string of the molecule is Cc1ncc(-c2nnc([C@@H]3CCCN(C(=O)Cc4ccccc4)C3)o2)cn1. The van der Waals surface area contributed by atoms with Crippen LogP contribution < -0.4 is 0 Å². The average Bonchev–Trinajstić information content (AvgIpc) is 3.20. The molecule has 27 heavy (non-hydrogen) atoms. The summed E-state index contributed by atoms with van der Waals surface area (Å²) in [6.45, 7) is 3.21. The molecule has 0 radical (unpaired) electrons. The maximum atomic E-state index is 12.6. The summed E-state index contributed by atoms with van der Waals surface area (Å²) in [5.74, 6) is 1.88. The number of carbonyl (C=O) groups excluding carboxylic acids is 1. The van der Waals surface area contributed by atoms with Crippen LogP contribution in [0.15, 0.2) is 47.1 Å². The molecule has 3 heterocycles. The number of amides is 1. The van der Waals surface area contributed by atoms with Crippen molar-refractivity contribution in [3.63, 3.8) is 0 Å². The van der Waals surface area contributed by atoms with Crippen LogP contribution in [-0.2, 0) is 11.2 Å². The van der Waals surface area contributed by atoms with E-state index in [1.54, 1.807) is 12.4 Å². The fourth-order valence-corrected chi connectivity index (χ4v) is 3.31. The lowest BCUT2D eigenvalue weighted by Gasteiger charge is -2.31. The second kappa shape index (κ2) is 7.65. The highest BCUT2D eigenvalue weighted by atomic mass is 16.4. The maximum absolute atomic E-state index is 12.6. The van der Waals surface area contributed by atoms with Crippen LogP contribution in [0.25, 0.3) is 11.5 Å². The summed E-state index contributed by atoms with van der Waals surface area (Å²) in [6.07, 6.45) is 5.63. The van der Waals surface area contributed by atoms with Crippen molar-refractivity contribution in [2.45, 2.75) is 32.1 Å². The molecule has 1 aliphatic heterocycles. The van der Waals surface area contributed by atoms with E-state index in [0.29, 0.717) is 36.1 Å². The van der Waals surface area contributed by atoms with E-state index in [0.717, 1.165) is 24.9 Å². The molecule has 0 aliphatic carbocycles. The van der Waals surface area contributed by atoms with Gasteiger partial charge < -0.3 is 9.32 Å². The third-order valence-corrected chi connectivity index (χ3v) is 4.79. The number of aryl methyl sites for hydroxylation is 1. The van der Waals surface area contributed by atoms with Gasteiger partial charge in [-0.15, -0.1) is 10.2 Å². The molecule has 0 N–H and O–H groups in total. The lowest BCUT2D eigenvalue weighted by Crippen LogP contribution is -2.40. The first-order valence-corrected chi connectivity index (χ1v) is 9.13. The fourth-order valence-electron chi connectivity index (χ4n) is 3.31. The van der Waals surface area contributed by atoms with E-state index in [9.17, 15) is 4.79 Å². The minimum absolute atomic E-state index is 0.0612. The van der Waals surface area contributed by atoms with Gasteiger partial charge >= 0.3 is 0 Å². The highest BCUT2D eigenvalue weighted by molar-refractivity contribution is 5.78. The normalized spacial score (nSPS) is 17.1. The van der Waals surface area contributed by atoms with Gasteiger partial charge in [0.1, 0.15) is 5.82 Å². The Morgan fingerprint density at radius 2 is 1.96 bits per heavy atom. The molecule has 4 rings (SSSR count). The van der Waals surface area contributed by atoms with Crippen molar-refractivity contribution in [2.75, 3.05) is 13.1 Å². The molecule has 7 heteroatoms. The van der Waals surface area contributed by atoms with Crippen LogP contribution in [0.2, 0.25) is 0 Å². The van der Waals surface area contributed by atoms with Gasteiger partial charge in [-0.05, 0) is 25.3 Å². The van der Waals surface area contributed by atoms with Crippen LogP contribution in [0, 0.1) is 6.92 Å². The summed E-state index contributed by atoms with van der Waals surface area (Å²) >= 11 is 0. The van der Waals surface area contributed by atoms with E-state index in [-0.39, 0.29) is 11.8 Å². The Labute approximate surface area is 157 Å². The Morgan fingerprint density at radius 1 is 1.19 bits per heavy atom. The monoisotopic (exact) mass is 363 g/mol. The predicted octanol–water partition coefficient (Wildman–Crippen LogP) is 2.78. The molecule has 0 spiro atoms. The Kier molecular flexibility index (Phi) is 4.91. The van der Waals surface area contributed by atoms with Gasteiger partial charge in [0.05, 0.1) is 17.9 Å². The van der Waals surface area contributed by atoms with Crippen molar-refractivity contribution >= 4 is 5.91 Å².